The summed E-state index contributed by atoms with van der Waals surface area (Å²) in [5.74, 6) is 0.247. The Morgan fingerprint density at radius 2 is 1.94 bits per heavy atom. The van der Waals surface area contributed by atoms with E-state index in [9.17, 15) is 14.4 Å². The zero-order chi connectivity index (χ0) is 22.4. The molecular formula is C22H32N4O5. The monoisotopic (exact) mass is 432 g/mol. The number of likely N-dealkylation sites (tertiary alicyclic amines) is 1. The van der Waals surface area contributed by atoms with E-state index in [0.717, 1.165) is 32.4 Å². The fourth-order valence-electron chi connectivity index (χ4n) is 4.27. The number of methoxy groups -OCH3 is 2. The van der Waals surface area contributed by atoms with Crippen molar-refractivity contribution in [2.24, 2.45) is 17.6 Å². The van der Waals surface area contributed by atoms with Gasteiger partial charge < -0.3 is 30.3 Å². The van der Waals surface area contributed by atoms with Gasteiger partial charge in [-0.05, 0) is 44.5 Å². The lowest BCUT2D eigenvalue weighted by Gasteiger charge is -2.31. The van der Waals surface area contributed by atoms with Crippen LogP contribution in [0.3, 0.4) is 0 Å². The van der Waals surface area contributed by atoms with Gasteiger partial charge in [0.2, 0.25) is 17.7 Å². The molecule has 2 aliphatic heterocycles. The van der Waals surface area contributed by atoms with E-state index in [0.29, 0.717) is 36.8 Å². The molecule has 3 rings (SSSR count). The Hall–Kier alpha value is -2.81. The number of benzene rings is 1. The maximum absolute atomic E-state index is 12.6. The molecule has 9 nitrogen and oxygen atoms in total. The molecule has 2 fully saturated rings. The molecule has 2 unspecified atom stereocenters. The van der Waals surface area contributed by atoms with Gasteiger partial charge in [0, 0.05) is 37.8 Å². The molecule has 0 aliphatic carbocycles. The highest BCUT2D eigenvalue weighted by molar-refractivity contribution is 6.00. The first-order chi connectivity index (χ1) is 14.9. The van der Waals surface area contributed by atoms with Gasteiger partial charge in [0.15, 0.2) is 11.5 Å². The number of rotatable bonds is 9. The first-order valence-electron chi connectivity index (χ1n) is 10.7. The largest absolute Gasteiger partial charge is 0.493 e. The molecule has 3 N–H and O–H groups in total. The SMILES string of the molecule is COc1ccc(N2CC(C(=O)NCCCN3CCCC(C(N)=O)C3)CC2=O)cc1OC. The Labute approximate surface area is 182 Å². The zero-order valence-corrected chi connectivity index (χ0v) is 18.3. The van der Waals surface area contributed by atoms with Crippen molar-refractivity contribution in [2.45, 2.75) is 25.7 Å². The van der Waals surface area contributed by atoms with E-state index in [-0.39, 0.29) is 36.0 Å². The van der Waals surface area contributed by atoms with Crippen molar-refractivity contribution in [3.05, 3.63) is 18.2 Å². The van der Waals surface area contributed by atoms with Crippen molar-refractivity contribution >= 4 is 23.4 Å². The van der Waals surface area contributed by atoms with E-state index in [1.54, 1.807) is 37.3 Å². The van der Waals surface area contributed by atoms with Crippen molar-refractivity contribution in [3.63, 3.8) is 0 Å². The minimum Gasteiger partial charge on any atom is -0.493 e. The molecule has 2 atom stereocenters. The van der Waals surface area contributed by atoms with Crippen LogP contribution in [-0.2, 0) is 14.4 Å². The summed E-state index contributed by atoms with van der Waals surface area (Å²) in [5.41, 5.74) is 6.11. The number of carbonyl (C=O) groups is 3. The number of piperidine rings is 1. The highest BCUT2D eigenvalue weighted by atomic mass is 16.5. The number of nitrogens with one attached hydrogen (secondary N) is 1. The molecule has 2 aliphatic rings. The van der Waals surface area contributed by atoms with Crippen LogP contribution in [0.1, 0.15) is 25.7 Å². The summed E-state index contributed by atoms with van der Waals surface area (Å²) in [6, 6.07) is 5.28. The highest BCUT2D eigenvalue weighted by Crippen LogP contribution is 2.34. The number of primary amides is 1. The smallest absolute Gasteiger partial charge is 0.227 e. The third-order valence-electron chi connectivity index (χ3n) is 6.03. The molecule has 0 bridgehead atoms. The van der Waals surface area contributed by atoms with Crippen LogP contribution in [0.25, 0.3) is 0 Å². The lowest BCUT2D eigenvalue weighted by atomic mass is 9.97. The summed E-state index contributed by atoms with van der Waals surface area (Å²) < 4.78 is 10.5. The van der Waals surface area contributed by atoms with Crippen LogP contribution in [-0.4, -0.2) is 69.6 Å². The van der Waals surface area contributed by atoms with Crippen LogP contribution in [0.5, 0.6) is 11.5 Å². The Morgan fingerprint density at radius 1 is 1.16 bits per heavy atom. The van der Waals surface area contributed by atoms with Gasteiger partial charge in [-0.15, -0.1) is 0 Å². The molecule has 0 aromatic heterocycles. The summed E-state index contributed by atoms with van der Waals surface area (Å²) >= 11 is 0. The van der Waals surface area contributed by atoms with Gasteiger partial charge in [-0.3, -0.25) is 14.4 Å². The first kappa shape index (κ1) is 22.9. The highest BCUT2D eigenvalue weighted by Gasteiger charge is 2.35. The van der Waals surface area contributed by atoms with E-state index < -0.39 is 0 Å². The van der Waals surface area contributed by atoms with Gasteiger partial charge in [0.1, 0.15) is 0 Å². The minimum absolute atomic E-state index is 0.0737. The number of nitrogens with zero attached hydrogens (tertiary/aromatic N) is 2. The third-order valence-corrected chi connectivity index (χ3v) is 6.03. The van der Waals surface area contributed by atoms with Crippen LogP contribution < -0.4 is 25.4 Å². The molecule has 0 radical (unpaired) electrons. The van der Waals surface area contributed by atoms with Gasteiger partial charge in [-0.25, -0.2) is 0 Å². The number of carbonyl (C=O) groups excluding carboxylic acids is 3. The molecule has 31 heavy (non-hydrogen) atoms. The Bertz CT molecular complexity index is 815. The van der Waals surface area contributed by atoms with Gasteiger partial charge in [-0.1, -0.05) is 0 Å². The number of nitrogens with two attached hydrogens (primary N) is 1. The third kappa shape index (κ3) is 5.66. The summed E-state index contributed by atoms with van der Waals surface area (Å²) in [5, 5.41) is 2.95. The molecule has 2 heterocycles. The van der Waals surface area contributed by atoms with Crippen molar-refractivity contribution in [3.8, 4) is 11.5 Å². The molecule has 2 saturated heterocycles. The van der Waals surface area contributed by atoms with E-state index >= 15 is 0 Å². The summed E-state index contributed by atoms with van der Waals surface area (Å²) in [6.45, 7) is 3.34. The van der Waals surface area contributed by atoms with E-state index in [4.69, 9.17) is 15.2 Å². The minimum atomic E-state index is -0.380. The fourth-order valence-corrected chi connectivity index (χ4v) is 4.27. The molecule has 1 aromatic carbocycles. The average Bonchev–Trinajstić information content (AvgIpc) is 3.18. The first-order valence-corrected chi connectivity index (χ1v) is 10.7. The lowest BCUT2D eigenvalue weighted by molar-refractivity contribution is -0.126. The average molecular weight is 433 g/mol. The summed E-state index contributed by atoms with van der Waals surface area (Å²) in [6.07, 6.45) is 2.80. The number of amides is 3. The quantitative estimate of drug-likeness (QED) is 0.557. The fraction of sp³-hybridized carbons (Fsp3) is 0.591. The lowest BCUT2D eigenvalue weighted by Crippen LogP contribution is -2.42. The van der Waals surface area contributed by atoms with Crippen molar-refractivity contribution < 1.29 is 23.9 Å². The van der Waals surface area contributed by atoms with Crippen molar-refractivity contribution in [1.29, 1.82) is 0 Å². The van der Waals surface area contributed by atoms with Crippen LogP contribution >= 0.6 is 0 Å². The van der Waals surface area contributed by atoms with Crippen LogP contribution in [0.4, 0.5) is 5.69 Å². The molecule has 9 heteroatoms. The standard InChI is InChI=1S/C22H32N4O5/c1-30-18-7-6-17(12-19(18)31-2)26-14-16(11-20(26)27)22(29)24-8-4-10-25-9-3-5-15(13-25)21(23)28/h6-7,12,15-16H,3-5,8-11,13-14H2,1-2H3,(H2,23,28)(H,24,29). The second kappa shape index (κ2) is 10.5. The normalized spacial score (nSPS) is 21.7. The van der Waals surface area contributed by atoms with E-state index in [1.165, 1.54) is 0 Å². The molecule has 0 saturated carbocycles. The molecule has 170 valence electrons. The maximum atomic E-state index is 12.6. The topological polar surface area (TPSA) is 114 Å². The molecular weight excluding hydrogens is 400 g/mol. The second-order valence-electron chi connectivity index (χ2n) is 8.13. The number of anilines is 1. The number of ether oxygens (including phenoxy) is 2. The van der Waals surface area contributed by atoms with Gasteiger partial charge >= 0.3 is 0 Å². The predicted octanol–water partition coefficient (Wildman–Crippen LogP) is 0.760. The predicted molar refractivity (Wildman–Crippen MR) is 116 cm³/mol. The Balaban J connectivity index is 1.45. The van der Waals surface area contributed by atoms with Crippen molar-refractivity contribution in [2.75, 3.05) is 51.8 Å². The second-order valence-corrected chi connectivity index (χ2v) is 8.13. The summed E-state index contributed by atoms with van der Waals surface area (Å²) in [7, 11) is 3.10. The number of hydrogen-bond donors (Lipinski definition) is 2. The Kier molecular flexibility index (Phi) is 7.73. The van der Waals surface area contributed by atoms with E-state index in [1.807, 2.05) is 0 Å². The van der Waals surface area contributed by atoms with Crippen LogP contribution in [0.2, 0.25) is 0 Å². The van der Waals surface area contributed by atoms with Gasteiger partial charge in [0.05, 0.1) is 26.1 Å². The Morgan fingerprint density at radius 3 is 2.65 bits per heavy atom. The molecule has 3 amide bonds. The van der Waals surface area contributed by atoms with Crippen LogP contribution in [0.15, 0.2) is 18.2 Å². The van der Waals surface area contributed by atoms with Gasteiger partial charge in [0.25, 0.3) is 0 Å². The zero-order valence-electron chi connectivity index (χ0n) is 18.3. The maximum Gasteiger partial charge on any atom is 0.227 e. The number of hydrogen-bond acceptors (Lipinski definition) is 6. The summed E-state index contributed by atoms with van der Waals surface area (Å²) in [4.78, 5) is 40.3. The van der Waals surface area contributed by atoms with E-state index in [2.05, 4.69) is 10.2 Å². The molecule has 1 aromatic rings. The molecule has 0 spiro atoms. The van der Waals surface area contributed by atoms with Crippen LogP contribution in [0, 0.1) is 11.8 Å². The van der Waals surface area contributed by atoms with Gasteiger partial charge in [-0.2, -0.15) is 0 Å². The van der Waals surface area contributed by atoms with Crippen molar-refractivity contribution in [1.82, 2.24) is 10.2 Å².